The van der Waals surface area contributed by atoms with Crippen LogP contribution in [0.25, 0.3) is 50.0 Å². The Morgan fingerprint density at radius 2 is 2.03 bits per heavy atom. The number of epoxide rings is 1. The number of aromatic amines is 1. The highest BCUT2D eigenvalue weighted by atomic mass is 19.1. The van der Waals surface area contributed by atoms with E-state index in [0.29, 0.717) is 49.4 Å². The fraction of sp³-hybridized carbons (Fsp3) is 0.115. The van der Waals surface area contributed by atoms with Gasteiger partial charge < -0.3 is 18.7 Å². The molecule has 2 atom stereocenters. The van der Waals surface area contributed by atoms with Crippen LogP contribution >= 0.6 is 0 Å². The highest BCUT2D eigenvalue weighted by molar-refractivity contribution is 6.20. The first-order valence-electron chi connectivity index (χ1n) is 11.1. The van der Waals surface area contributed by atoms with Crippen molar-refractivity contribution in [3.8, 4) is 0 Å². The van der Waals surface area contributed by atoms with Gasteiger partial charge in [0.15, 0.2) is 0 Å². The average Bonchev–Trinajstić information content (AvgIpc) is 3.41. The van der Waals surface area contributed by atoms with Gasteiger partial charge in [-0.3, -0.25) is 0 Å². The number of ether oxygens (including phenoxy) is 1. The van der Waals surface area contributed by atoms with Crippen molar-refractivity contribution in [1.82, 2.24) is 19.5 Å². The highest BCUT2D eigenvalue weighted by Crippen LogP contribution is 2.51. The average molecular weight is 468 g/mol. The summed E-state index contributed by atoms with van der Waals surface area (Å²) in [5.41, 5.74) is 2.86. The van der Waals surface area contributed by atoms with E-state index in [4.69, 9.17) is 9.15 Å². The van der Waals surface area contributed by atoms with E-state index < -0.39 is 17.3 Å². The number of hydrogen-bond acceptors (Lipinski definition) is 5. The molecule has 2 aliphatic rings. The molecule has 1 N–H and O–H groups in total. The van der Waals surface area contributed by atoms with Gasteiger partial charge in [0.1, 0.15) is 29.4 Å². The van der Waals surface area contributed by atoms with Gasteiger partial charge in [0, 0.05) is 45.1 Å². The van der Waals surface area contributed by atoms with Crippen LogP contribution in [0.2, 0.25) is 0 Å². The third-order valence-corrected chi connectivity index (χ3v) is 6.99. The molecule has 7 nitrogen and oxygen atoms in total. The minimum atomic E-state index is -0.626. The van der Waals surface area contributed by atoms with E-state index in [9.17, 15) is 4.79 Å². The highest BCUT2D eigenvalue weighted by Gasteiger charge is 2.44. The second kappa shape index (κ2) is 6.39. The van der Waals surface area contributed by atoms with Gasteiger partial charge in [-0.05, 0) is 24.3 Å². The fourth-order valence-corrected chi connectivity index (χ4v) is 5.41. The maximum Gasteiger partial charge on any atom is 0.362 e. The van der Waals surface area contributed by atoms with Gasteiger partial charge in [-0.1, -0.05) is 12.2 Å². The van der Waals surface area contributed by atoms with Gasteiger partial charge in [-0.15, -0.1) is 0 Å². The van der Waals surface area contributed by atoms with E-state index in [0.717, 1.165) is 0 Å². The van der Waals surface area contributed by atoms with Crippen LogP contribution in [0, 0.1) is 11.6 Å². The number of aromatic nitrogens is 4. The third-order valence-electron chi connectivity index (χ3n) is 6.99. The van der Waals surface area contributed by atoms with Crippen LogP contribution in [-0.4, -0.2) is 25.6 Å². The van der Waals surface area contributed by atoms with Crippen molar-refractivity contribution in [2.24, 2.45) is 0 Å². The van der Waals surface area contributed by atoms with Gasteiger partial charge in [-0.2, -0.15) is 0 Å². The third kappa shape index (κ3) is 2.47. The smallest absolute Gasteiger partial charge is 0.362 e. The summed E-state index contributed by atoms with van der Waals surface area (Å²) < 4.78 is 43.4. The summed E-state index contributed by atoms with van der Waals surface area (Å²) in [7, 11) is 0. The van der Waals surface area contributed by atoms with Crippen LogP contribution in [0.4, 0.5) is 8.78 Å². The molecular weight excluding hydrogens is 454 g/mol. The fourth-order valence-electron chi connectivity index (χ4n) is 5.41. The molecule has 4 aromatic heterocycles. The molecule has 5 heterocycles. The van der Waals surface area contributed by atoms with Crippen LogP contribution in [0.1, 0.15) is 22.8 Å². The van der Waals surface area contributed by atoms with E-state index in [1.54, 1.807) is 29.0 Å². The molecule has 0 radical (unpaired) electrons. The number of halogens is 2. The van der Waals surface area contributed by atoms with Crippen molar-refractivity contribution in [2.75, 3.05) is 0 Å². The molecule has 0 spiro atoms. The molecule has 170 valence electrons. The molecule has 9 heteroatoms. The Morgan fingerprint density at radius 3 is 2.94 bits per heavy atom. The molecular formula is C26H14F2N4O3. The summed E-state index contributed by atoms with van der Waals surface area (Å²) in [4.78, 5) is 24.6. The number of nitrogens with one attached hydrogen (secondary N) is 1. The Hall–Kier alpha value is -4.37. The zero-order valence-electron chi connectivity index (χ0n) is 17.9. The maximum absolute atomic E-state index is 15.4. The molecule has 2 unspecified atom stereocenters. The van der Waals surface area contributed by atoms with Gasteiger partial charge in [0.2, 0.25) is 5.71 Å². The number of H-pyrrole nitrogens is 1. The summed E-state index contributed by atoms with van der Waals surface area (Å²) in [6.07, 6.45) is 6.16. The lowest BCUT2D eigenvalue weighted by atomic mass is 9.92. The SMILES string of the molecule is O=c1oc2ncccc2c2c3c4c(c(F)cc3n(Cc3cc5[nH]cnc5cc3F)c12)C=CC1OC41. The minimum absolute atomic E-state index is 0.0136. The standard InChI is InChI=1S/C26H14F2N4O3/c27-14-7-17-16(30-10-31-17)6-11(14)9-32-18-8-15(28)12-3-4-19-24(34-19)21(12)22(18)20-13-2-1-5-29-25(13)35-26(33)23(20)32/h1-8,10,19,24H,9H2,(H,30,31). The molecule has 0 amide bonds. The molecule has 1 fully saturated rings. The lowest BCUT2D eigenvalue weighted by Gasteiger charge is -2.13. The predicted octanol–water partition coefficient (Wildman–Crippen LogP) is 4.97. The lowest BCUT2D eigenvalue weighted by molar-refractivity contribution is 0.396. The van der Waals surface area contributed by atoms with E-state index in [1.807, 2.05) is 12.1 Å². The number of pyridine rings is 1. The molecule has 1 aliphatic heterocycles. The van der Waals surface area contributed by atoms with E-state index in [1.165, 1.54) is 18.5 Å². The van der Waals surface area contributed by atoms with Crippen LogP contribution in [-0.2, 0) is 11.3 Å². The Balaban J connectivity index is 1.54. The van der Waals surface area contributed by atoms with Gasteiger partial charge in [0.05, 0.1) is 29.4 Å². The Bertz CT molecular complexity index is 1980. The maximum atomic E-state index is 15.4. The zero-order valence-corrected chi connectivity index (χ0v) is 17.9. The first-order chi connectivity index (χ1) is 17.1. The van der Waals surface area contributed by atoms with Crippen LogP contribution in [0.3, 0.4) is 0 Å². The number of nitrogens with zero attached hydrogens (tertiary/aromatic N) is 3. The van der Waals surface area contributed by atoms with Crippen molar-refractivity contribution in [3.63, 3.8) is 0 Å². The normalized spacial score (nSPS) is 18.6. The summed E-state index contributed by atoms with van der Waals surface area (Å²) in [5, 5.41) is 1.92. The number of hydrogen-bond donors (Lipinski definition) is 1. The van der Waals surface area contributed by atoms with Crippen LogP contribution in [0.15, 0.2) is 58.1 Å². The number of fused-ring (bicyclic) bond motifs is 10. The summed E-state index contributed by atoms with van der Waals surface area (Å²) >= 11 is 0. The lowest BCUT2D eigenvalue weighted by Crippen LogP contribution is -2.10. The second-order valence-corrected chi connectivity index (χ2v) is 8.88. The molecule has 1 saturated heterocycles. The largest absolute Gasteiger partial charge is 0.402 e. The van der Waals surface area contributed by atoms with E-state index >= 15 is 8.78 Å². The predicted molar refractivity (Wildman–Crippen MR) is 125 cm³/mol. The van der Waals surface area contributed by atoms with Crippen molar-refractivity contribution in [2.45, 2.75) is 18.8 Å². The van der Waals surface area contributed by atoms with Crippen molar-refractivity contribution in [1.29, 1.82) is 0 Å². The van der Waals surface area contributed by atoms with Crippen LogP contribution < -0.4 is 5.63 Å². The van der Waals surface area contributed by atoms with Gasteiger partial charge >= 0.3 is 5.63 Å². The van der Waals surface area contributed by atoms with Gasteiger partial charge in [-0.25, -0.2) is 23.5 Å². The Labute approximate surface area is 194 Å². The molecule has 0 bridgehead atoms. The molecule has 2 aromatic carbocycles. The quantitative estimate of drug-likeness (QED) is 0.363. The summed E-state index contributed by atoms with van der Waals surface area (Å²) in [6.45, 7) is -0.0136. The van der Waals surface area contributed by atoms with Crippen molar-refractivity contribution >= 4 is 50.0 Å². The molecule has 0 saturated carbocycles. The van der Waals surface area contributed by atoms with E-state index in [-0.39, 0.29) is 30.0 Å². The minimum Gasteiger partial charge on any atom is -0.402 e. The number of imidazole rings is 1. The van der Waals surface area contributed by atoms with Crippen molar-refractivity contribution < 1.29 is 17.9 Å². The number of benzene rings is 2. The number of rotatable bonds is 2. The first kappa shape index (κ1) is 19.0. The van der Waals surface area contributed by atoms with Gasteiger partial charge in [0.25, 0.3) is 0 Å². The molecule has 8 rings (SSSR count). The summed E-state index contributed by atoms with van der Waals surface area (Å²) in [5.74, 6) is -0.906. The second-order valence-electron chi connectivity index (χ2n) is 8.88. The molecule has 6 aromatic rings. The summed E-state index contributed by atoms with van der Waals surface area (Å²) in [6, 6.07) is 7.96. The first-order valence-corrected chi connectivity index (χ1v) is 11.1. The van der Waals surface area contributed by atoms with Crippen LogP contribution in [0.5, 0.6) is 0 Å². The Kier molecular flexibility index (Phi) is 3.47. The topological polar surface area (TPSA) is 89.2 Å². The zero-order chi connectivity index (χ0) is 23.4. The molecule has 1 aliphatic carbocycles. The van der Waals surface area contributed by atoms with E-state index in [2.05, 4.69) is 15.0 Å². The molecule has 35 heavy (non-hydrogen) atoms. The Morgan fingerprint density at radius 1 is 1.11 bits per heavy atom. The monoisotopic (exact) mass is 468 g/mol. The van der Waals surface area contributed by atoms with Crippen molar-refractivity contribution in [3.05, 3.63) is 87.7 Å².